The molecule has 0 bridgehead atoms. The van der Waals surface area contributed by atoms with Crippen LogP contribution in [0.2, 0.25) is 0 Å². The summed E-state index contributed by atoms with van der Waals surface area (Å²) in [5.41, 5.74) is 6.00. The minimum atomic E-state index is 1.10. The fraction of sp³-hybridized carbons (Fsp3) is 0.158. The van der Waals surface area contributed by atoms with Crippen molar-refractivity contribution >= 4 is 22.6 Å². The third-order valence-corrected chi connectivity index (χ3v) is 3.73. The first-order chi connectivity index (χ1) is 10.4. The molecule has 0 heterocycles. The van der Waals surface area contributed by atoms with E-state index in [4.69, 9.17) is 0 Å². The van der Waals surface area contributed by atoms with E-state index < -0.39 is 0 Å². The van der Waals surface area contributed by atoms with Crippen LogP contribution < -0.4 is 10.6 Å². The first-order valence-corrected chi connectivity index (χ1v) is 7.37. The monoisotopic (exact) mass is 276 g/mol. The molecule has 2 N–H and O–H groups in total. The van der Waals surface area contributed by atoms with Gasteiger partial charge < -0.3 is 10.6 Å². The zero-order chi connectivity index (χ0) is 14.5. The average molecular weight is 276 g/mol. The molecule has 0 unspecified atom stereocenters. The standard InChI is InChI=1S/C19H20N2/c1-20-18-13-12-16(15-8-4-2-5-9-15)14-19(18)21-17-10-6-3-7-11-17/h2-4,6-8,10-14,20-21H,5,9H2,1H3. The van der Waals surface area contributed by atoms with Crippen molar-refractivity contribution in [3.8, 4) is 0 Å². The Balaban J connectivity index is 1.94. The van der Waals surface area contributed by atoms with Crippen molar-refractivity contribution in [3.63, 3.8) is 0 Å². The van der Waals surface area contributed by atoms with Crippen molar-refractivity contribution in [1.82, 2.24) is 0 Å². The van der Waals surface area contributed by atoms with Crippen LogP contribution in [0.25, 0.3) is 5.57 Å². The van der Waals surface area contributed by atoms with E-state index in [-0.39, 0.29) is 0 Å². The van der Waals surface area contributed by atoms with Crippen LogP contribution in [0, 0.1) is 0 Å². The predicted molar refractivity (Wildman–Crippen MR) is 92.1 cm³/mol. The predicted octanol–water partition coefficient (Wildman–Crippen LogP) is 5.21. The summed E-state index contributed by atoms with van der Waals surface area (Å²) in [6.45, 7) is 0. The molecule has 1 aliphatic rings. The van der Waals surface area contributed by atoms with Gasteiger partial charge in [-0.3, -0.25) is 0 Å². The Labute approximate surface area is 126 Å². The first kappa shape index (κ1) is 13.5. The van der Waals surface area contributed by atoms with Crippen LogP contribution in [0.4, 0.5) is 17.1 Å². The van der Waals surface area contributed by atoms with E-state index in [1.807, 2.05) is 25.2 Å². The second-order valence-corrected chi connectivity index (χ2v) is 5.16. The van der Waals surface area contributed by atoms with Crippen LogP contribution in [-0.4, -0.2) is 7.05 Å². The summed E-state index contributed by atoms with van der Waals surface area (Å²) >= 11 is 0. The van der Waals surface area contributed by atoms with Gasteiger partial charge in [-0.2, -0.15) is 0 Å². The van der Waals surface area contributed by atoms with Crippen molar-refractivity contribution in [3.05, 3.63) is 72.3 Å². The van der Waals surface area contributed by atoms with Gasteiger partial charge >= 0.3 is 0 Å². The van der Waals surface area contributed by atoms with E-state index in [2.05, 4.69) is 59.2 Å². The van der Waals surface area contributed by atoms with Crippen LogP contribution >= 0.6 is 0 Å². The third-order valence-electron chi connectivity index (χ3n) is 3.73. The Kier molecular flexibility index (Phi) is 4.06. The largest absolute Gasteiger partial charge is 0.386 e. The van der Waals surface area contributed by atoms with Crippen molar-refractivity contribution in [2.75, 3.05) is 17.7 Å². The van der Waals surface area contributed by atoms with E-state index in [0.29, 0.717) is 0 Å². The van der Waals surface area contributed by atoms with E-state index in [0.717, 1.165) is 29.9 Å². The summed E-state index contributed by atoms with van der Waals surface area (Å²) in [5, 5.41) is 6.75. The van der Waals surface area contributed by atoms with Gasteiger partial charge in [-0.25, -0.2) is 0 Å². The van der Waals surface area contributed by atoms with Gasteiger partial charge in [0.15, 0.2) is 0 Å². The molecule has 0 amide bonds. The van der Waals surface area contributed by atoms with Gasteiger partial charge in [-0.1, -0.05) is 42.5 Å². The van der Waals surface area contributed by atoms with Gasteiger partial charge in [0.1, 0.15) is 0 Å². The lowest BCUT2D eigenvalue weighted by Gasteiger charge is -2.16. The van der Waals surface area contributed by atoms with Gasteiger partial charge in [-0.05, 0) is 48.2 Å². The Hall–Kier alpha value is -2.48. The number of para-hydroxylation sites is 1. The lowest BCUT2D eigenvalue weighted by atomic mass is 9.96. The molecule has 0 saturated carbocycles. The Bertz CT molecular complexity index is 669. The van der Waals surface area contributed by atoms with E-state index >= 15 is 0 Å². The fourth-order valence-corrected chi connectivity index (χ4v) is 2.59. The van der Waals surface area contributed by atoms with Crippen LogP contribution in [0.15, 0.2) is 66.8 Å². The number of nitrogens with one attached hydrogen (secondary N) is 2. The number of hydrogen-bond donors (Lipinski definition) is 2. The highest BCUT2D eigenvalue weighted by Crippen LogP contribution is 2.31. The third kappa shape index (κ3) is 3.16. The second kappa shape index (κ2) is 6.31. The number of hydrogen-bond acceptors (Lipinski definition) is 2. The Morgan fingerprint density at radius 1 is 0.952 bits per heavy atom. The SMILES string of the molecule is CNc1ccc(C2=CC=CCC2)cc1Nc1ccccc1. The molecule has 0 aromatic heterocycles. The zero-order valence-corrected chi connectivity index (χ0v) is 12.3. The zero-order valence-electron chi connectivity index (χ0n) is 12.3. The molecule has 0 atom stereocenters. The second-order valence-electron chi connectivity index (χ2n) is 5.16. The maximum absolute atomic E-state index is 3.50. The number of benzene rings is 2. The summed E-state index contributed by atoms with van der Waals surface area (Å²) in [6.07, 6.45) is 8.81. The van der Waals surface area contributed by atoms with Gasteiger partial charge in [0.05, 0.1) is 11.4 Å². The average Bonchev–Trinajstić information content (AvgIpc) is 2.56. The fourth-order valence-electron chi connectivity index (χ4n) is 2.59. The lowest BCUT2D eigenvalue weighted by molar-refractivity contribution is 1.05. The minimum Gasteiger partial charge on any atom is -0.386 e. The van der Waals surface area contributed by atoms with E-state index in [9.17, 15) is 0 Å². The number of rotatable bonds is 4. The highest BCUT2D eigenvalue weighted by Gasteiger charge is 2.07. The van der Waals surface area contributed by atoms with E-state index in [1.54, 1.807) is 0 Å². The summed E-state index contributed by atoms with van der Waals surface area (Å²) in [5.74, 6) is 0. The molecule has 0 saturated heterocycles. The molecule has 1 aliphatic carbocycles. The summed E-state index contributed by atoms with van der Waals surface area (Å²) in [4.78, 5) is 0. The highest BCUT2D eigenvalue weighted by atomic mass is 14.9. The summed E-state index contributed by atoms with van der Waals surface area (Å²) < 4.78 is 0. The Morgan fingerprint density at radius 2 is 1.81 bits per heavy atom. The van der Waals surface area contributed by atoms with Crippen LogP contribution in [0.1, 0.15) is 18.4 Å². The Morgan fingerprint density at radius 3 is 2.52 bits per heavy atom. The number of allylic oxidation sites excluding steroid dienone is 4. The molecular formula is C19H20N2. The van der Waals surface area contributed by atoms with Crippen molar-refractivity contribution in [2.45, 2.75) is 12.8 Å². The highest BCUT2D eigenvalue weighted by molar-refractivity contribution is 5.80. The molecule has 21 heavy (non-hydrogen) atoms. The van der Waals surface area contributed by atoms with Crippen LogP contribution in [0.5, 0.6) is 0 Å². The van der Waals surface area contributed by atoms with Crippen LogP contribution in [0.3, 0.4) is 0 Å². The molecule has 106 valence electrons. The van der Waals surface area contributed by atoms with Crippen molar-refractivity contribution in [1.29, 1.82) is 0 Å². The molecule has 2 aromatic rings. The maximum Gasteiger partial charge on any atom is 0.0626 e. The lowest BCUT2D eigenvalue weighted by Crippen LogP contribution is -1.98. The van der Waals surface area contributed by atoms with Crippen LogP contribution in [-0.2, 0) is 0 Å². The van der Waals surface area contributed by atoms with Crippen molar-refractivity contribution < 1.29 is 0 Å². The molecule has 3 rings (SSSR count). The normalized spacial score (nSPS) is 13.7. The molecule has 0 radical (unpaired) electrons. The van der Waals surface area contributed by atoms with Gasteiger partial charge in [0.25, 0.3) is 0 Å². The summed E-state index contributed by atoms with van der Waals surface area (Å²) in [7, 11) is 1.95. The van der Waals surface area contributed by atoms with Crippen molar-refractivity contribution in [2.24, 2.45) is 0 Å². The van der Waals surface area contributed by atoms with E-state index in [1.165, 1.54) is 11.1 Å². The smallest absolute Gasteiger partial charge is 0.0626 e. The quantitative estimate of drug-likeness (QED) is 0.801. The van der Waals surface area contributed by atoms with Gasteiger partial charge in [-0.15, -0.1) is 0 Å². The first-order valence-electron chi connectivity index (χ1n) is 7.37. The maximum atomic E-state index is 3.50. The molecule has 0 fully saturated rings. The molecule has 2 heteroatoms. The van der Waals surface area contributed by atoms with Gasteiger partial charge in [0.2, 0.25) is 0 Å². The minimum absolute atomic E-state index is 1.10. The molecule has 2 aromatic carbocycles. The number of anilines is 3. The molecule has 0 aliphatic heterocycles. The summed E-state index contributed by atoms with van der Waals surface area (Å²) in [6, 6.07) is 16.8. The molecule has 2 nitrogen and oxygen atoms in total. The molecule has 0 spiro atoms. The van der Waals surface area contributed by atoms with Gasteiger partial charge in [0, 0.05) is 12.7 Å². The molecular weight excluding hydrogens is 256 g/mol. The topological polar surface area (TPSA) is 24.1 Å².